The molecule has 1 atom stereocenters. The molecule has 3 nitrogen and oxygen atoms in total. The Kier molecular flexibility index (Phi) is 7.05. The van der Waals surface area contributed by atoms with Gasteiger partial charge >= 0.3 is 0 Å². The molecule has 13 rings (SSSR count). The quantitative estimate of drug-likeness (QED) is 0.167. The monoisotopic (exact) mass is 779 g/mol. The Balaban J connectivity index is 1.17. The van der Waals surface area contributed by atoms with Crippen molar-refractivity contribution in [3.05, 3.63) is 210 Å². The highest BCUT2D eigenvalue weighted by molar-refractivity contribution is 6.33. The maximum atomic E-state index is 5.83. The van der Waals surface area contributed by atoms with E-state index in [4.69, 9.17) is 4.99 Å². The van der Waals surface area contributed by atoms with Gasteiger partial charge in [0.05, 0.1) is 27.8 Å². The summed E-state index contributed by atoms with van der Waals surface area (Å²) in [7, 11) is 0. The highest BCUT2D eigenvalue weighted by atomic mass is 15.1. The van der Waals surface area contributed by atoms with Crippen LogP contribution in [0.4, 0.5) is 5.69 Å². The van der Waals surface area contributed by atoms with Crippen LogP contribution in [-0.4, -0.2) is 15.0 Å². The van der Waals surface area contributed by atoms with Crippen LogP contribution < -0.4 is 0 Å². The third-order valence-corrected chi connectivity index (χ3v) is 13.9. The SMILES string of the molecule is CC1C=C(c2cccc3c2-c2ccccc2C3(C)C)C(n2c3cc(-n4c5ccccc5c5ccc6ccccc6c54)ccc3c3c4ccccc4ccc32)=Nc2ccccc21. The summed E-state index contributed by atoms with van der Waals surface area (Å²) in [5.41, 5.74) is 15.6. The lowest BCUT2D eigenvalue weighted by Gasteiger charge is -2.22. The summed E-state index contributed by atoms with van der Waals surface area (Å²) in [5.74, 6) is 1.07. The van der Waals surface area contributed by atoms with Crippen molar-refractivity contribution in [2.45, 2.75) is 32.1 Å². The van der Waals surface area contributed by atoms with E-state index in [1.54, 1.807) is 0 Å². The summed E-state index contributed by atoms with van der Waals surface area (Å²) in [6.45, 7) is 7.06. The Bertz CT molecular complexity index is 3760. The second kappa shape index (κ2) is 12.5. The molecule has 9 aromatic carbocycles. The molecule has 0 N–H and O–H groups in total. The average molecular weight is 780 g/mol. The summed E-state index contributed by atoms with van der Waals surface area (Å²) in [4.78, 5) is 5.83. The molecular weight excluding hydrogens is 739 g/mol. The fraction of sp³-hybridized carbons (Fsp3) is 0.0862. The normalized spacial score (nSPS) is 15.6. The topological polar surface area (TPSA) is 22.2 Å². The number of rotatable bonds is 2. The molecule has 1 unspecified atom stereocenters. The second-order valence-corrected chi connectivity index (χ2v) is 17.5. The molecule has 0 spiro atoms. The highest BCUT2D eigenvalue weighted by Crippen LogP contribution is 2.52. The van der Waals surface area contributed by atoms with E-state index >= 15 is 0 Å². The van der Waals surface area contributed by atoms with Crippen LogP contribution >= 0.6 is 0 Å². The van der Waals surface area contributed by atoms with Gasteiger partial charge in [-0.2, -0.15) is 0 Å². The zero-order valence-electron chi connectivity index (χ0n) is 34.3. The fourth-order valence-electron chi connectivity index (χ4n) is 11.1. The number of benzene rings is 9. The minimum absolute atomic E-state index is 0.128. The third-order valence-electron chi connectivity index (χ3n) is 13.9. The molecule has 0 saturated heterocycles. The summed E-state index contributed by atoms with van der Waals surface area (Å²) >= 11 is 0. The van der Waals surface area contributed by atoms with Crippen molar-refractivity contribution in [2.75, 3.05) is 0 Å². The summed E-state index contributed by atoms with van der Waals surface area (Å²) < 4.78 is 4.97. The lowest BCUT2D eigenvalue weighted by Crippen LogP contribution is -2.16. The first-order valence-corrected chi connectivity index (χ1v) is 21.5. The fourth-order valence-corrected chi connectivity index (χ4v) is 11.1. The Morgan fingerprint density at radius 2 is 1.16 bits per heavy atom. The van der Waals surface area contributed by atoms with Gasteiger partial charge in [0.1, 0.15) is 5.84 Å². The number of para-hydroxylation sites is 2. The Morgan fingerprint density at radius 3 is 2.05 bits per heavy atom. The van der Waals surface area contributed by atoms with Crippen LogP contribution in [-0.2, 0) is 5.41 Å². The molecule has 2 aromatic heterocycles. The van der Waals surface area contributed by atoms with E-state index in [-0.39, 0.29) is 11.3 Å². The van der Waals surface area contributed by atoms with E-state index in [2.05, 4.69) is 218 Å². The smallest absolute Gasteiger partial charge is 0.145 e. The molecular formula is C58H41N3. The van der Waals surface area contributed by atoms with Crippen LogP contribution in [0.1, 0.15) is 48.9 Å². The molecule has 1 aliphatic carbocycles. The van der Waals surface area contributed by atoms with Gasteiger partial charge in [0.2, 0.25) is 0 Å². The molecule has 1 aliphatic heterocycles. The second-order valence-electron chi connectivity index (χ2n) is 17.5. The Labute approximate surface area is 354 Å². The standard InChI is InChI=1S/C58H41N3/c1-35-33-47(43-22-14-24-49-54(43)45-21-8-11-23-48(45)58(49,2)3)57(59-50-25-12-9-17-39(35)50)61-52-32-28-36-15-4-6-18-40(36)55(52)46-31-29-38(34-53(46)61)60-51-26-13-10-20-42(51)44-30-27-37-16-5-7-19-41(37)56(44)60/h4-35H,1-3H3. The number of aromatic nitrogens is 2. The van der Waals surface area contributed by atoms with Gasteiger partial charge in [0.25, 0.3) is 0 Å². The lowest BCUT2D eigenvalue weighted by atomic mass is 9.82. The van der Waals surface area contributed by atoms with Crippen LogP contribution in [0.15, 0.2) is 193 Å². The predicted molar refractivity (Wildman–Crippen MR) is 258 cm³/mol. The molecule has 0 bridgehead atoms. The zero-order chi connectivity index (χ0) is 40.6. The van der Waals surface area contributed by atoms with Crippen molar-refractivity contribution < 1.29 is 0 Å². The molecule has 0 saturated carbocycles. The Hall–Kier alpha value is -7.49. The zero-order valence-corrected chi connectivity index (χ0v) is 34.3. The molecule has 2 aliphatic rings. The van der Waals surface area contributed by atoms with Crippen molar-refractivity contribution >= 4 is 82.3 Å². The van der Waals surface area contributed by atoms with Crippen LogP contribution in [0.25, 0.3) is 87.5 Å². The van der Waals surface area contributed by atoms with Crippen LogP contribution in [0, 0.1) is 0 Å². The first-order chi connectivity index (χ1) is 30.0. The number of allylic oxidation sites excluding steroid dienone is 2. The summed E-state index contributed by atoms with van der Waals surface area (Å²) in [6, 6.07) is 67.3. The van der Waals surface area contributed by atoms with Gasteiger partial charge in [-0.05, 0) is 79.9 Å². The minimum Gasteiger partial charge on any atom is -0.309 e. The summed E-state index contributed by atoms with van der Waals surface area (Å²) in [5, 5.41) is 9.90. The van der Waals surface area contributed by atoms with E-state index < -0.39 is 0 Å². The van der Waals surface area contributed by atoms with Gasteiger partial charge in [-0.1, -0.05) is 179 Å². The molecule has 0 radical (unpaired) electrons. The number of nitrogens with zero attached hydrogens (tertiary/aromatic N) is 3. The van der Waals surface area contributed by atoms with Crippen LogP contribution in [0.5, 0.6) is 0 Å². The lowest BCUT2D eigenvalue weighted by molar-refractivity contribution is 0.660. The van der Waals surface area contributed by atoms with Crippen molar-refractivity contribution in [3.63, 3.8) is 0 Å². The maximum absolute atomic E-state index is 5.83. The molecule has 11 aromatic rings. The third kappa shape index (κ3) is 4.72. The van der Waals surface area contributed by atoms with Crippen molar-refractivity contribution in [1.82, 2.24) is 9.13 Å². The summed E-state index contributed by atoms with van der Waals surface area (Å²) in [6.07, 6.45) is 2.48. The molecule has 0 amide bonds. The van der Waals surface area contributed by atoms with Crippen LogP contribution in [0.3, 0.4) is 0 Å². The molecule has 61 heavy (non-hydrogen) atoms. The van der Waals surface area contributed by atoms with Gasteiger partial charge in [0, 0.05) is 49.5 Å². The molecule has 288 valence electrons. The van der Waals surface area contributed by atoms with Crippen molar-refractivity contribution in [2.24, 2.45) is 4.99 Å². The van der Waals surface area contributed by atoms with Crippen molar-refractivity contribution in [3.8, 4) is 16.8 Å². The first kappa shape index (κ1) is 34.4. The first-order valence-electron chi connectivity index (χ1n) is 21.5. The van der Waals surface area contributed by atoms with Gasteiger partial charge in [-0.3, -0.25) is 4.57 Å². The van der Waals surface area contributed by atoms with E-state index in [9.17, 15) is 0 Å². The average Bonchev–Trinajstić information content (AvgIpc) is 3.86. The predicted octanol–water partition coefficient (Wildman–Crippen LogP) is 15.3. The maximum Gasteiger partial charge on any atom is 0.145 e. The minimum atomic E-state index is -0.133. The Morgan fingerprint density at radius 1 is 0.492 bits per heavy atom. The van der Waals surface area contributed by atoms with Crippen molar-refractivity contribution in [1.29, 1.82) is 0 Å². The number of aliphatic imine (C=N–C) groups is 1. The highest BCUT2D eigenvalue weighted by Gasteiger charge is 2.38. The number of hydrogen-bond donors (Lipinski definition) is 0. The van der Waals surface area contributed by atoms with E-state index in [1.807, 2.05) is 0 Å². The largest absolute Gasteiger partial charge is 0.309 e. The van der Waals surface area contributed by atoms with Gasteiger partial charge in [0.15, 0.2) is 0 Å². The van der Waals surface area contributed by atoms with E-state index in [1.165, 1.54) is 87.5 Å². The number of hydrogen-bond acceptors (Lipinski definition) is 1. The van der Waals surface area contributed by atoms with Gasteiger partial charge in [-0.25, -0.2) is 4.99 Å². The molecule has 0 fully saturated rings. The van der Waals surface area contributed by atoms with Gasteiger partial charge in [-0.15, -0.1) is 0 Å². The van der Waals surface area contributed by atoms with E-state index in [0.29, 0.717) is 0 Å². The van der Waals surface area contributed by atoms with E-state index in [0.717, 1.165) is 33.8 Å². The molecule has 3 heterocycles. The molecule has 3 heteroatoms. The van der Waals surface area contributed by atoms with Crippen LogP contribution in [0.2, 0.25) is 0 Å². The number of fused-ring (bicyclic) bond motifs is 14. The van der Waals surface area contributed by atoms with Gasteiger partial charge < -0.3 is 4.57 Å².